The fourth-order valence-corrected chi connectivity index (χ4v) is 3.87. The monoisotopic (exact) mass is 388 g/mol. The van der Waals surface area contributed by atoms with Gasteiger partial charge in [-0.15, -0.1) is 0 Å². The average molecular weight is 388 g/mol. The molecule has 6 nitrogen and oxygen atoms in total. The highest BCUT2D eigenvalue weighted by molar-refractivity contribution is 5.96. The van der Waals surface area contributed by atoms with Crippen molar-refractivity contribution in [3.63, 3.8) is 0 Å². The normalized spacial score (nSPS) is 23.6. The van der Waals surface area contributed by atoms with Crippen LogP contribution in [0.2, 0.25) is 0 Å². The van der Waals surface area contributed by atoms with Crippen molar-refractivity contribution in [2.24, 2.45) is 5.41 Å². The number of benzene rings is 1. The third-order valence-electron chi connectivity index (χ3n) is 5.78. The maximum atomic E-state index is 13.6. The molecule has 2 amide bonds. The van der Waals surface area contributed by atoms with E-state index in [2.05, 4.69) is 15.5 Å². The van der Waals surface area contributed by atoms with Gasteiger partial charge >= 0.3 is 0 Å². The minimum absolute atomic E-state index is 0.0629. The standard InChI is InChI=1S/C20H22F2N4O2/c1-2-14(18(28)26-9-8-19(12-26)11-20(19,21)22)23-17(27)16-10-15(24-25-16)13-6-4-3-5-7-13/h3-7,10,14H,2,8-9,11-12H2,1H3,(H,23,27)(H,24,25)/t14-,19+/m0/s1. The Labute approximate surface area is 161 Å². The van der Waals surface area contributed by atoms with Crippen molar-refractivity contribution in [2.45, 2.75) is 38.2 Å². The first-order chi connectivity index (χ1) is 13.4. The van der Waals surface area contributed by atoms with Crippen LogP contribution in [0.4, 0.5) is 8.78 Å². The molecule has 1 aromatic carbocycles. The number of amides is 2. The summed E-state index contributed by atoms with van der Waals surface area (Å²) in [6.07, 6.45) is 0.546. The Bertz CT molecular complexity index is 899. The molecule has 0 unspecified atom stereocenters. The molecular formula is C20H22F2N4O2. The first-order valence-corrected chi connectivity index (χ1v) is 9.43. The summed E-state index contributed by atoms with van der Waals surface area (Å²) in [4.78, 5) is 26.7. The van der Waals surface area contributed by atoms with Gasteiger partial charge in [0, 0.05) is 25.1 Å². The number of halogens is 2. The second-order valence-electron chi connectivity index (χ2n) is 7.64. The Morgan fingerprint density at radius 3 is 2.64 bits per heavy atom. The molecule has 2 aliphatic rings. The molecule has 2 heterocycles. The van der Waals surface area contributed by atoms with Crippen LogP contribution >= 0.6 is 0 Å². The van der Waals surface area contributed by atoms with E-state index in [-0.39, 0.29) is 24.6 Å². The third-order valence-corrected chi connectivity index (χ3v) is 5.78. The summed E-state index contributed by atoms with van der Waals surface area (Å²) < 4.78 is 27.1. The second kappa shape index (κ2) is 6.68. The fourth-order valence-electron chi connectivity index (χ4n) is 3.87. The Morgan fingerprint density at radius 2 is 2.04 bits per heavy atom. The maximum Gasteiger partial charge on any atom is 0.269 e. The Morgan fingerprint density at radius 1 is 1.32 bits per heavy atom. The predicted molar refractivity (Wildman–Crippen MR) is 98.8 cm³/mol. The second-order valence-corrected chi connectivity index (χ2v) is 7.64. The molecule has 8 heteroatoms. The van der Waals surface area contributed by atoms with E-state index in [1.807, 2.05) is 30.3 Å². The van der Waals surface area contributed by atoms with Gasteiger partial charge in [0.2, 0.25) is 5.91 Å². The van der Waals surface area contributed by atoms with E-state index in [0.717, 1.165) is 5.56 Å². The summed E-state index contributed by atoms with van der Waals surface area (Å²) in [6.45, 7) is 2.15. The number of H-pyrrole nitrogens is 1. The zero-order valence-electron chi connectivity index (χ0n) is 15.5. The van der Waals surface area contributed by atoms with Gasteiger partial charge in [-0.2, -0.15) is 5.10 Å². The average Bonchev–Trinajstić information content (AvgIpc) is 3.12. The molecule has 1 aliphatic carbocycles. The van der Waals surface area contributed by atoms with Crippen LogP contribution in [-0.2, 0) is 4.79 Å². The number of nitrogens with one attached hydrogen (secondary N) is 2. The van der Waals surface area contributed by atoms with E-state index in [0.29, 0.717) is 25.1 Å². The predicted octanol–water partition coefficient (Wildman–Crippen LogP) is 2.84. The van der Waals surface area contributed by atoms with E-state index < -0.39 is 23.3 Å². The van der Waals surface area contributed by atoms with E-state index in [1.54, 1.807) is 13.0 Å². The summed E-state index contributed by atoms with van der Waals surface area (Å²) in [5.41, 5.74) is 0.701. The van der Waals surface area contributed by atoms with E-state index >= 15 is 0 Å². The van der Waals surface area contributed by atoms with Gasteiger partial charge in [0.05, 0.1) is 11.1 Å². The van der Waals surface area contributed by atoms with Crippen molar-refractivity contribution < 1.29 is 18.4 Å². The number of alkyl halides is 2. The summed E-state index contributed by atoms with van der Waals surface area (Å²) >= 11 is 0. The van der Waals surface area contributed by atoms with Gasteiger partial charge in [0.15, 0.2) is 0 Å². The highest BCUT2D eigenvalue weighted by atomic mass is 19.3. The third kappa shape index (κ3) is 3.16. The van der Waals surface area contributed by atoms with Crippen molar-refractivity contribution in [3.05, 3.63) is 42.1 Å². The SMILES string of the molecule is CC[C@H](NC(=O)c1cc(-c2ccccc2)n[nH]1)C(=O)N1CC[C@]2(C1)CC2(F)F. The molecule has 1 aliphatic heterocycles. The van der Waals surface area contributed by atoms with Crippen LogP contribution in [0.1, 0.15) is 36.7 Å². The van der Waals surface area contributed by atoms with E-state index in [9.17, 15) is 18.4 Å². The lowest BCUT2D eigenvalue weighted by atomic mass is 10.1. The smallest absolute Gasteiger partial charge is 0.269 e. The molecule has 0 radical (unpaired) electrons. The van der Waals surface area contributed by atoms with E-state index in [1.165, 1.54) is 4.90 Å². The molecule has 4 rings (SSSR count). The van der Waals surface area contributed by atoms with Crippen LogP contribution in [0.5, 0.6) is 0 Å². The molecule has 28 heavy (non-hydrogen) atoms. The molecule has 0 bridgehead atoms. The van der Waals surface area contributed by atoms with Crippen molar-refractivity contribution in [3.8, 4) is 11.3 Å². The summed E-state index contributed by atoms with van der Waals surface area (Å²) in [5, 5.41) is 9.54. The summed E-state index contributed by atoms with van der Waals surface area (Å²) in [6, 6.07) is 10.3. The first-order valence-electron chi connectivity index (χ1n) is 9.43. The van der Waals surface area contributed by atoms with Gasteiger partial charge < -0.3 is 10.2 Å². The van der Waals surface area contributed by atoms with Gasteiger partial charge in [-0.1, -0.05) is 37.3 Å². The number of hydrogen-bond donors (Lipinski definition) is 2. The lowest BCUT2D eigenvalue weighted by Crippen LogP contribution is -2.47. The number of rotatable bonds is 5. The number of likely N-dealkylation sites (tertiary alicyclic amines) is 1. The molecular weight excluding hydrogens is 366 g/mol. The fraction of sp³-hybridized carbons (Fsp3) is 0.450. The molecule has 1 aromatic heterocycles. The molecule has 1 saturated carbocycles. The number of carbonyl (C=O) groups is 2. The maximum absolute atomic E-state index is 13.6. The number of carbonyl (C=O) groups excluding carboxylic acids is 2. The molecule has 2 fully saturated rings. The highest BCUT2D eigenvalue weighted by Crippen LogP contribution is 2.65. The van der Waals surface area contributed by atoms with Crippen LogP contribution < -0.4 is 5.32 Å². The van der Waals surface area contributed by atoms with Crippen molar-refractivity contribution >= 4 is 11.8 Å². The lowest BCUT2D eigenvalue weighted by molar-refractivity contribution is -0.132. The largest absolute Gasteiger partial charge is 0.340 e. The number of hydrogen-bond acceptors (Lipinski definition) is 3. The molecule has 2 N–H and O–H groups in total. The molecule has 1 saturated heterocycles. The molecule has 1 spiro atoms. The Kier molecular flexibility index (Phi) is 4.44. The van der Waals surface area contributed by atoms with Crippen LogP contribution in [0.25, 0.3) is 11.3 Å². The molecule has 148 valence electrons. The zero-order chi connectivity index (χ0) is 19.9. The van der Waals surface area contributed by atoms with Crippen LogP contribution in [-0.4, -0.2) is 52.0 Å². The zero-order valence-corrected chi connectivity index (χ0v) is 15.5. The molecule has 2 aromatic rings. The van der Waals surface area contributed by atoms with Crippen molar-refractivity contribution in [1.82, 2.24) is 20.4 Å². The van der Waals surface area contributed by atoms with Crippen LogP contribution in [0.15, 0.2) is 36.4 Å². The topological polar surface area (TPSA) is 78.1 Å². The molecule has 2 atom stereocenters. The van der Waals surface area contributed by atoms with Crippen LogP contribution in [0.3, 0.4) is 0 Å². The Hall–Kier alpha value is -2.77. The Balaban J connectivity index is 1.40. The van der Waals surface area contributed by atoms with Gasteiger partial charge in [-0.05, 0) is 18.9 Å². The lowest BCUT2D eigenvalue weighted by Gasteiger charge is -2.23. The van der Waals surface area contributed by atoms with Gasteiger partial charge in [-0.25, -0.2) is 8.78 Å². The van der Waals surface area contributed by atoms with E-state index in [4.69, 9.17) is 0 Å². The highest BCUT2D eigenvalue weighted by Gasteiger charge is 2.73. The van der Waals surface area contributed by atoms with Crippen molar-refractivity contribution in [2.75, 3.05) is 13.1 Å². The number of aromatic amines is 1. The van der Waals surface area contributed by atoms with Gasteiger partial charge in [-0.3, -0.25) is 14.7 Å². The minimum Gasteiger partial charge on any atom is -0.340 e. The number of nitrogens with zero attached hydrogens (tertiary/aromatic N) is 2. The van der Waals surface area contributed by atoms with Crippen LogP contribution in [0, 0.1) is 5.41 Å². The minimum atomic E-state index is -2.67. The van der Waals surface area contributed by atoms with Gasteiger partial charge in [0.1, 0.15) is 11.7 Å². The van der Waals surface area contributed by atoms with Crippen molar-refractivity contribution in [1.29, 1.82) is 0 Å². The summed E-state index contributed by atoms with van der Waals surface area (Å²) in [5.74, 6) is -3.42. The summed E-state index contributed by atoms with van der Waals surface area (Å²) in [7, 11) is 0. The quantitative estimate of drug-likeness (QED) is 0.827. The van der Waals surface area contributed by atoms with Gasteiger partial charge in [0.25, 0.3) is 11.8 Å². The first kappa shape index (κ1) is 18.6. The number of aromatic nitrogens is 2.